The van der Waals surface area contributed by atoms with Crippen molar-refractivity contribution in [3.8, 4) is 5.75 Å². The number of rotatable bonds is 5. The first-order chi connectivity index (χ1) is 8.61. The zero-order chi connectivity index (χ0) is 13.1. The predicted octanol–water partition coefficient (Wildman–Crippen LogP) is 1.44. The van der Waals surface area contributed by atoms with Crippen molar-refractivity contribution in [3.05, 3.63) is 23.8 Å². The normalized spacial score (nSPS) is 19.3. The molecule has 5 heteroatoms. The second-order valence-electron chi connectivity index (χ2n) is 4.30. The molecule has 1 heterocycles. The number of hydrogen-bond acceptors (Lipinski definition) is 4. The Bertz CT molecular complexity index is 448. The van der Waals surface area contributed by atoms with E-state index < -0.39 is 6.04 Å². The van der Waals surface area contributed by atoms with Gasteiger partial charge in [-0.1, -0.05) is 6.07 Å². The van der Waals surface area contributed by atoms with Crippen molar-refractivity contribution in [2.24, 2.45) is 5.73 Å². The number of fused-ring (bicyclic) bond motifs is 1. The summed E-state index contributed by atoms with van der Waals surface area (Å²) in [7, 11) is 0. The van der Waals surface area contributed by atoms with Crippen LogP contribution in [0.25, 0.3) is 0 Å². The summed E-state index contributed by atoms with van der Waals surface area (Å²) in [6.07, 6.45) is -0.0335. The number of amides is 1. The highest BCUT2D eigenvalue weighted by molar-refractivity contribution is 6.02. The molecule has 2 atom stereocenters. The summed E-state index contributed by atoms with van der Waals surface area (Å²) >= 11 is 0. The molecule has 0 saturated carbocycles. The van der Waals surface area contributed by atoms with Crippen molar-refractivity contribution < 1.29 is 14.3 Å². The fraction of sp³-hybridized carbons (Fsp3) is 0.462. The molecule has 0 fully saturated rings. The molecule has 18 heavy (non-hydrogen) atoms. The highest BCUT2D eigenvalue weighted by atomic mass is 16.5. The van der Waals surface area contributed by atoms with Crippen molar-refractivity contribution in [2.75, 3.05) is 18.5 Å². The van der Waals surface area contributed by atoms with E-state index in [2.05, 4.69) is 5.32 Å². The summed E-state index contributed by atoms with van der Waals surface area (Å²) in [4.78, 5) is 11.4. The van der Waals surface area contributed by atoms with Crippen molar-refractivity contribution >= 4 is 11.6 Å². The number of ether oxygens (including phenoxy) is 2. The fourth-order valence-electron chi connectivity index (χ4n) is 1.89. The van der Waals surface area contributed by atoms with E-state index in [0.29, 0.717) is 19.0 Å². The van der Waals surface area contributed by atoms with E-state index >= 15 is 0 Å². The maximum absolute atomic E-state index is 11.4. The summed E-state index contributed by atoms with van der Waals surface area (Å²) in [5.41, 5.74) is 7.27. The first kappa shape index (κ1) is 12.9. The maximum atomic E-state index is 11.4. The Morgan fingerprint density at radius 1 is 1.50 bits per heavy atom. The number of anilines is 1. The van der Waals surface area contributed by atoms with Gasteiger partial charge in [0.25, 0.3) is 0 Å². The smallest absolute Gasteiger partial charge is 0.245 e. The molecule has 0 radical (unpaired) electrons. The summed E-state index contributed by atoms with van der Waals surface area (Å²) in [5, 5.41) is 2.73. The first-order valence-corrected chi connectivity index (χ1v) is 6.06. The standard InChI is InChI=1S/C13H18N2O3/c1-3-17-7-8(2)18-9-4-5-10-11(6-9)15-13(16)12(10)14/h4-6,8,12H,3,7,14H2,1-2H3,(H,15,16). The lowest BCUT2D eigenvalue weighted by Crippen LogP contribution is -2.19. The molecule has 0 saturated heterocycles. The SMILES string of the molecule is CCOCC(C)Oc1ccc2c(c1)NC(=O)C2N. The minimum absolute atomic E-state index is 0.0335. The van der Waals surface area contributed by atoms with Gasteiger partial charge < -0.3 is 20.5 Å². The number of carbonyl (C=O) groups excluding carboxylic acids is 1. The zero-order valence-corrected chi connectivity index (χ0v) is 10.6. The molecule has 0 aliphatic carbocycles. The van der Waals surface area contributed by atoms with E-state index in [9.17, 15) is 4.79 Å². The Hall–Kier alpha value is -1.59. The summed E-state index contributed by atoms with van der Waals surface area (Å²) in [5.74, 6) is 0.528. The third-order valence-corrected chi connectivity index (χ3v) is 2.79. The molecule has 2 unspecified atom stereocenters. The molecule has 1 aromatic carbocycles. The van der Waals surface area contributed by atoms with E-state index in [1.807, 2.05) is 26.0 Å². The van der Waals surface area contributed by atoms with Crippen LogP contribution in [0.4, 0.5) is 5.69 Å². The molecule has 98 valence electrons. The minimum atomic E-state index is -0.574. The zero-order valence-electron chi connectivity index (χ0n) is 10.6. The monoisotopic (exact) mass is 250 g/mol. The molecule has 1 aliphatic heterocycles. The van der Waals surface area contributed by atoms with Crippen LogP contribution in [0.15, 0.2) is 18.2 Å². The minimum Gasteiger partial charge on any atom is -0.488 e. The topological polar surface area (TPSA) is 73.6 Å². The second kappa shape index (κ2) is 5.37. The molecule has 0 spiro atoms. The van der Waals surface area contributed by atoms with Crippen LogP contribution in [0.3, 0.4) is 0 Å². The first-order valence-electron chi connectivity index (χ1n) is 6.06. The molecular weight excluding hydrogens is 232 g/mol. The van der Waals surface area contributed by atoms with Gasteiger partial charge in [-0.3, -0.25) is 4.79 Å². The van der Waals surface area contributed by atoms with Gasteiger partial charge in [-0.25, -0.2) is 0 Å². The lowest BCUT2D eigenvalue weighted by Gasteiger charge is -2.15. The molecule has 5 nitrogen and oxygen atoms in total. The fourth-order valence-corrected chi connectivity index (χ4v) is 1.89. The van der Waals surface area contributed by atoms with Crippen molar-refractivity contribution in [1.82, 2.24) is 0 Å². The Balaban J connectivity index is 2.04. The van der Waals surface area contributed by atoms with Gasteiger partial charge in [0.05, 0.1) is 6.61 Å². The Kier molecular flexibility index (Phi) is 3.84. The number of nitrogens with one attached hydrogen (secondary N) is 1. The second-order valence-corrected chi connectivity index (χ2v) is 4.30. The van der Waals surface area contributed by atoms with Crippen LogP contribution in [-0.2, 0) is 9.53 Å². The lowest BCUT2D eigenvalue weighted by molar-refractivity contribution is -0.116. The van der Waals surface area contributed by atoms with Crippen LogP contribution in [0.1, 0.15) is 25.5 Å². The average Bonchev–Trinajstić information content (AvgIpc) is 2.62. The predicted molar refractivity (Wildman–Crippen MR) is 68.6 cm³/mol. The van der Waals surface area contributed by atoms with Gasteiger partial charge in [0.2, 0.25) is 5.91 Å². The van der Waals surface area contributed by atoms with E-state index in [1.165, 1.54) is 0 Å². The van der Waals surface area contributed by atoms with Crippen LogP contribution in [0.2, 0.25) is 0 Å². The van der Waals surface area contributed by atoms with E-state index in [4.69, 9.17) is 15.2 Å². The molecule has 1 aliphatic rings. The maximum Gasteiger partial charge on any atom is 0.245 e. The highest BCUT2D eigenvalue weighted by Crippen LogP contribution is 2.32. The van der Waals surface area contributed by atoms with E-state index in [-0.39, 0.29) is 12.0 Å². The van der Waals surface area contributed by atoms with Crippen molar-refractivity contribution in [3.63, 3.8) is 0 Å². The van der Waals surface area contributed by atoms with Crippen LogP contribution < -0.4 is 15.8 Å². The highest BCUT2D eigenvalue weighted by Gasteiger charge is 2.27. The van der Waals surface area contributed by atoms with Gasteiger partial charge in [-0.2, -0.15) is 0 Å². The van der Waals surface area contributed by atoms with Gasteiger partial charge in [-0.15, -0.1) is 0 Å². The third kappa shape index (κ3) is 2.63. The van der Waals surface area contributed by atoms with Crippen LogP contribution >= 0.6 is 0 Å². The number of hydrogen-bond donors (Lipinski definition) is 2. The molecule has 2 rings (SSSR count). The van der Waals surface area contributed by atoms with Gasteiger partial charge in [0.15, 0.2) is 0 Å². The molecule has 1 amide bonds. The van der Waals surface area contributed by atoms with Gasteiger partial charge in [0, 0.05) is 23.9 Å². The Labute approximate surface area is 106 Å². The quantitative estimate of drug-likeness (QED) is 0.829. The Morgan fingerprint density at radius 2 is 2.28 bits per heavy atom. The number of carbonyl (C=O) groups is 1. The lowest BCUT2D eigenvalue weighted by atomic mass is 10.1. The summed E-state index contributed by atoms with van der Waals surface area (Å²) in [6.45, 7) is 5.09. The van der Waals surface area contributed by atoms with Gasteiger partial charge in [0.1, 0.15) is 17.9 Å². The van der Waals surface area contributed by atoms with Crippen molar-refractivity contribution in [2.45, 2.75) is 26.0 Å². The Morgan fingerprint density at radius 3 is 3.00 bits per heavy atom. The largest absolute Gasteiger partial charge is 0.488 e. The third-order valence-electron chi connectivity index (χ3n) is 2.79. The summed E-state index contributed by atoms with van der Waals surface area (Å²) < 4.78 is 11.0. The molecule has 0 bridgehead atoms. The molecular formula is C13H18N2O3. The summed E-state index contributed by atoms with van der Waals surface area (Å²) in [6, 6.07) is 4.86. The van der Waals surface area contributed by atoms with E-state index in [0.717, 1.165) is 11.3 Å². The van der Waals surface area contributed by atoms with Crippen LogP contribution in [-0.4, -0.2) is 25.2 Å². The van der Waals surface area contributed by atoms with Crippen LogP contribution in [0, 0.1) is 0 Å². The molecule has 1 aromatic rings. The van der Waals surface area contributed by atoms with Crippen LogP contribution in [0.5, 0.6) is 5.75 Å². The van der Waals surface area contributed by atoms with Crippen molar-refractivity contribution in [1.29, 1.82) is 0 Å². The molecule has 0 aromatic heterocycles. The number of nitrogens with two attached hydrogens (primary N) is 1. The molecule has 3 N–H and O–H groups in total. The van der Waals surface area contributed by atoms with Gasteiger partial charge >= 0.3 is 0 Å². The average molecular weight is 250 g/mol. The van der Waals surface area contributed by atoms with Gasteiger partial charge in [-0.05, 0) is 19.9 Å². The van der Waals surface area contributed by atoms with E-state index in [1.54, 1.807) is 6.07 Å². The number of benzene rings is 1.